The molecule has 0 radical (unpaired) electrons. The van der Waals surface area contributed by atoms with Crippen molar-refractivity contribution in [1.29, 1.82) is 0 Å². The Kier molecular flexibility index (Phi) is 4.87. The van der Waals surface area contributed by atoms with E-state index in [2.05, 4.69) is 0 Å². The zero-order chi connectivity index (χ0) is 9.56. The highest BCUT2D eigenvalue weighted by atomic mass is 16.4. The number of carbonyl (C=O) groups excluding carboxylic acids is 2. The summed E-state index contributed by atoms with van der Waals surface area (Å²) in [5.41, 5.74) is 0. The lowest BCUT2D eigenvalue weighted by Gasteiger charge is -2.19. The van der Waals surface area contributed by atoms with Gasteiger partial charge in [0.2, 0.25) is 0 Å². The molecule has 0 aliphatic heterocycles. The van der Waals surface area contributed by atoms with Gasteiger partial charge in [0.25, 0.3) is 0 Å². The van der Waals surface area contributed by atoms with Gasteiger partial charge in [0, 0.05) is 0 Å². The Morgan fingerprint density at radius 1 is 1.58 bits per heavy atom. The summed E-state index contributed by atoms with van der Waals surface area (Å²) in [5.74, 6) is -1.05. The molecular weight excluding hydrogens is 162 g/mol. The van der Waals surface area contributed by atoms with E-state index >= 15 is 0 Å². The van der Waals surface area contributed by atoms with E-state index < -0.39 is 12.0 Å². The number of aliphatic carboxylic acids is 1. The van der Waals surface area contributed by atoms with E-state index in [0.717, 1.165) is 0 Å². The van der Waals surface area contributed by atoms with Crippen molar-refractivity contribution in [2.45, 2.75) is 13.0 Å². The van der Waals surface area contributed by atoms with E-state index in [1.807, 2.05) is 0 Å². The first-order chi connectivity index (χ1) is 5.61. The first-order valence-electron chi connectivity index (χ1n) is 3.46. The number of aldehydes is 2. The van der Waals surface area contributed by atoms with E-state index in [1.54, 1.807) is 6.92 Å². The van der Waals surface area contributed by atoms with Crippen LogP contribution >= 0.6 is 0 Å². The van der Waals surface area contributed by atoms with Crippen molar-refractivity contribution in [3.05, 3.63) is 0 Å². The monoisotopic (exact) mass is 173 g/mol. The molecule has 0 aromatic rings. The van der Waals surface area contributed by atoms with Gasteiger partial charge in [0.15, 0.2) is 0 Å². The molecule has 0 fully saturated rings. The number of carboxylic acid groups (broad SMARTS) is 1. The normalized spacial score (nSPS) is 12.5. The molecule has 0 spiro atoms. The second-order valence-corrected chi connectivity index (χ2v) is 2.37. The third-order valence-corrected chi connectivity index (χ3v) is 1.42. The van der Waals surface area contributed by atoms with Gasteiger partial charge in [-0.15, -0.1) is 0 Å². The number of rotatable bonds is 6. The lowest BCUT2D eigenvalue weighted by atomic mass is 10.3. The smallest absolute Gasteiger partial charge is 0.317 e. The summed E-state index contributed by atoms with van der Waals surface area (Å²) in [4.78, 5) is 31.8. The molecule has 5 nitrogen and oxygen atoms in total. The van der Waals surface area contributed by atoms with Gasteiger partial charge >= 0.3 is 5.97 Å². The van der Waals surface area contributed by atoms with Crippen LogP contribution in [0.1, 0.15) is 6.92 Å². The zero-order valence-electron chi connectivity index (χ0n) is 6.77. The quantitative estimate of drug-likeness (QED) is 0.530. The zero-order valence-corrected chi connectivity index (χ0v) is 6.77. The molecule has 0 heterocycles. The van der Waals surface area contributed by atoms with E-state index in [4.69, 9.17) is 5.11 Å². The summed E-state index contributed by atoms with van der Waals surface area (Å²) >= 11 is 0. The first kappa shape index (κ1) is 10.8. The van der Waals surface area contributed by atoms with Gasteiger partial charge in [-0.3, -0.25) is 9.69 Å². The molecule has 0 aliphatic carbocycles. The molecular formula is C7H11NO4. The van der Waals surface area contributed by atoms with Crippen LogP contribution in [0.3, 0.4) is 0 Å². The molecule has 0 rings (SSSR count). The van der Waals surface area contributed by atoms with Crippen LogP contribution in [0.15, 0.2) is 0 Å². The van der Waals surface area contributed by atoms with Crippen LogP contribution in [-0.2, 0) is 14.4 Å². The molecule has 0 aromatic heterocycles. The van der Waals surface area contributed by atoms with Crippen molar-refractivity contribution in [2.24, 2.45) is 0 Å². The fraction of sp³-hybridized carbons (Fsp3) is 0.571. The van der Waals surface area contributed by atoms with Crippen molar-refractivity contribution in [2.75, 3.05) is 13.1 Å². The molecule has 0 saturated carbocycles. The second kappa shape index (κ2) is 5.42. The molecule has 68 valence electrons. The van der Waals surface area contributed by atoms with Gasteiger partial charge in [0.1, 0.15) is 12.6 Å². The van der Waals surface area contributed by atoms with Crippen LogP contribution in [0, 0.1) is 0 Å². The van der Waals surface area contributed by atoms with Crippen molar-refractivity contribution in [1.82, 2.24) is 4.90 Å². The SMILES string of the molecule is CC(C=O)N(CC=O)CC(=O)O. The highest BCUT2D eigenvalue weighted by Crippen LogP contribution is 1.93. The Labute approximate surface area is 70.0 Å². The minimum absolute atomic E-state index is 0.0355. The van der Waals surface area contributed by atoms with E-state index in [-0.39, 0.29) is 13.1 Å². The first-order valence-corrected chi connectivity index (χ1v) is 3.46. The highest BCUT2D eigenvalue weighted by molar-refractivity contribution is 5.71. The lowest BCUT2D eigenvalue weighted by molar-refractivity contribution is -0.139. The van der Waals surface area contributed by atoms with Crippen LogP contribution in [0.2, 0.25) is 0 Å². The highest BCUT2D eigenvalue weighted by Gasteiger charge is 2.14. The minimum atomic E-state index is -1.05. The van der Waals surface area contributed by atoms with Crippen LogP contribution in [0.5, 0.6) is 0 Å². The summed E-state index contributed by atoms with van der Waals surface area (Å²) in [7, 11) is 0. The number of carbonyl (C=O) groups is 3. The average Bonchev–Trinajstić information content (AvgIpc) is 2.01. The predicted octanol–water partition coefficient (Wildman–Crippen LogP) is -0.841. The summed E-state index contributed by atoms with van der Waals surface area (Å²) in [6.07, 6.45) is 1.18. The van der Waals surface area contributed by atoms with E-state index in [0.29, 0.717) is 12.6 Å². The molecule has 12 heavy (non-hydrogen) atoms. The lowest BCUT2D eigenvalue weighted by Crippen LogP contribution is -2.39. The molecule has 5 heteroatoms. The molecule has 1 unspecified atom stereocenters. The molecule has 0 saturated heterocycles. The maximum Gasteiger partial charge on any atom is 0.317 e. The van der Waals surface area contributed by atoms with Crippen molar-refractivity contribution >= 4 is 18.5 Å². The standard InChI is InChI=1S/C7H11NO4/c1-6(5-10)8(2-3-9)4-7(11)12/h3,5-6H,2,4H2,1H3,(H,11,12). The summed E-state index contributed by atoms with van der Waals surface area (Å²) < 4.78 is 0. The Balaban J connectivity index is 4.10. The van der Waals surface area contributed by atoms with Crippen LogP contribution in [0.25, 0.3) is 0 Å². The van der Waals surface area contributed by atoms with Crippen molar-refractivity contribution < 1.29 is 19.5 Å². The average molecular weight is 173 g/mol. The van der Waals surface area contributed by atoms with Gasteiger partial charge in [0.05, 0.1) is 19.1 Å². The number of nitrogens with zero attached hydrogens (tertiary/aromatic N) is 1. The summed E-state index contributed by atoms with van der Waals surface area (Å²) in [6, 6.07) is -0.536. The molecule has 0 bridgehead atoms. The second-order valence-electron chi connectivity index (χ2n) is 2.37. The topological polar surface area (TPSA) is 74.7 Å². The van der Waals surface area contributed by atoms with Crippen LogP contribution in [-0.4, -0.2) is 47.7 Å². The van der Waals surface area contributed by atoms with Gasteiger partial charge in [-0.05, 0) is 6.92 Å². The fourth-order valence-corrected chi connectivity index (χ4v) is 0.730. The van der Waals surface area contributed by atoms with Crippen LogP contribution < -0.4 is 0 Å². The van der Waals surface area contributed by atoms with Gasteiger partial charge in [-0.2, -0.15) is 0 Å². The van der Waals surface area contributed by atoms with Gasteiger partial charge in [-0.25, -0.2) is 0 Å². The van der Waals surface area contributed by atoms with E-state index in [9.17, 15) is 14.4 Å². The minimum Gasteiger partial charge on any atom is -0.480 e. The van der Waals surface area contributed by atoms with Gasteiger partial charge in [-0.1, -0.05) is 0 Å². The van der Waals surface area contributed by atoms with Crippen molar-refractivity contribution in [3.8, 4) is 0 Å². The Hall–Kier alpha value is -1.23. The Bertz CT molecular complexity index is 180. The molecule has 1 N–H and O–H groups in total. The third kappa shape index (κ3) is 3.82. The third-order valence-electron chi connectivity index (χ3n) is 1.42. The fourth-order valence-electron chi connectivity index (χ4n) is 0.730. The predicted molar refractivity (Wildman–Crippen MR) is 40.8 cm³/mol. The molecule has 0 amide bonds. The molecule has 0 aliphatic rings. The Morgan fingerprint density at radius 2 is 2.17 bits per heavy atom. The van der Waals surface area contributed by atoms with Gasteiger partial charge < -0.3 is 14.7 Å². The van der Waals surface area contributed by atoms with Crippen molar-refractivity contribution in [3.63, 3.8) is 0 Å². The van der Waals surface area contributed by atoms with Crippen LogP contribution in [0.4, 0.5) is 0 Å². The number of hydrogen-bond acceptors (Lipinski definition) is 4. The Morgan fingerprint density at radius 3 is 2.50 bits per heavy atom. The van der Waals surface area contributed by atoms with E-state index in [1.165, 1.54) is 4.90 Å². The summed E-state index contributed by atoms with van der Waals surface area (Å²) in [5, 5.41) is 8.38. The maximum absolute atomic E-state index is 10.3. The molecule has 0 aromatic carbocycles. The molecule has 1 atom stereocenters. The summed E-state index contributed by atoms with van der Waals surface area (Å²) in [6.45, 7) is 1.21. The number of carboxylic acids is 1. The largest absolute Gasteiger partial charge is 0.480 e. The number of hydrogen-bond donors (Lipinski definition) is 1. The maximum atomic E-state index is 10.3.